The molecule has 1 fully saturated rings. The van der Waals surface area contributed by atoms with Gasteiger partial charge in [0.25, 0.3) is 5.91 Å². The maximum atomic E-state index is 13.6. The molecule has 35 heavy (non-hydrogen) atoms. The first-order chi connectivity index (χ1) is 16.9. The molecule has 0 radical (unpaired) electrons. The lowest BCUT2D eigenvalue weighted by molar-refractivity contribution is 0.0633. The number of carbonyl (C=O) groups excluding carboxylic acids is 1. The summed E-state index contributed by atoms with van der Waals surface area (Å²) in [5.74, 6) is 0.627. The van der Waals surface area contributed by atoms with Crippen LogP contribution in [0.1, 0.15) is 75.6 Å². The van der Waals surface area contributed by atoms with E-state index in [0.29, 0.717) is 37.6 Å². The van der Waals surface area contributed by atoms with Gasteiger partial charge < -0.3 is 18.8 Å². The van der Waals surface area contributed by atoms with Gasteiger partial charge in [-0.25, -0.2) is 4.98 Å². The topological polar surface area (TPSA) is 82.2 Å². The first-order valence-corrected chi connectivity index (χ1v) is 13.0. The normalized spacial score (nSPS) is 17.4. The predicted octanol–water partition coefficient (Wildman–Crippen LogP) is 4.15. The molecule has 0 saturated heterocycles. The third kappa shape index (κ3) is 4.13. The molecule has 4 heterocycles. The fraction of sp³-hybridized carbons (Fsp3) is 0.556. The zero-order valence-electron chi connectivity index (χ0n) is 21.0. The van der Waals surface area contributed by atoms with E-state index in [1.54, 1.807) is 0 Å². The summed E-state index contributed by atoms with van der Waals surface area (Å²) in [7, 11) is 0. The number of rotatable bonds is 8. The highest BCUT2D eigenvalue weighted by Gasteiger charge is 2.40. The van der Waals surface area contributed by atoms with Gasteiger partial charge in [0.15, 0.2) is 5.69 Å². The second-order valence-electron chi connectivity index (χ2n) is 10.2. The highest BCUT2D eigenvalue weighted by molar-refractivity contribution is 5.96. The predicted molar refractivity (Wildman–Crippen MR) is 135 cm³/mol. The van der Waals surface area contributed by atoms with Crippen LogP contribution in [0.5, 0.6) is 5.75 Å². The van der Waals surface area contributed by atoms with E-state index in [4.69, 9.17) is 4.74 Å². The Morgan fingerprint density at radius 2 is 1.94 bits per heavy atom. The lowest BCUT2D eigenvalue weighted by Gasteiger charge is -2.37. The lowest BCUT2D eigenvalue weighted by Crippen LogP contribution is -2.47. The number of amides is 1. The van der Waals surface area contributed by atoms with Crippen LogP contribution in [0.25, 0.3) is 11.0 Å². The van der Waals surface area contributed by atoms with Crippen LogP contribution in [0, 0.1) is 0 Å². The van der Waals surface area contributed by atoms with Gasteiger partial charge in [0.1, 0.15) is 11.5 Å². The Hall–Kier alpha value is -3.16. The van der Waals surface area contributed by atoms with Gasteiger partial charge in [0.2, 0.25) is 5.75 Å². The number of ether oxygens (including phenoxy) is 1. The largest absolute Gasteiger partial charge is 0.486 e. The van der Waals surface area contributed by atoms with E-state index in [1.807, 2.05) is 35.6 Å². The average Bonchev–Trinajstić information content (AvgIpc) is 3.49. The Balaban J connectivity index is 1.61. The van der Waals surface area contributed by atoms with E-state index >= 15 is 0 Å². The molecular formula is C27H35N5O3. The van der Waals surface area contributed by atoms with Crippen molar-refractivity contribution in [2.24, 2.45) is 0 Å². The summed E-state index contributed by atoms with van der Waals surface area (Å²) in [6.07, 6.45) is 10.5. The maximum Gasteiger partial charge on any atom is 0.316 e. The SMILES string of the molecule is CCCCOc1c2n(c(CC3(n4ccc5cccnc54)CCCC3)nc1=O)CCN(C(C)C)C2=O. The molecule has 1 saturated carbocycles. The first-order valence-electron chi connectivity index (χ1n) is 13.0. The van der Waals surface area contributed by atoms with Crippen LogP contribution in [-0.2, 0) is 18.5 Å². The molecule has 1 amide bonds. The van der Waals surface area contributed by atoms with E-state index in [0.717, 1.165) is 49.6 Å². The van der Waals surface area contributed by atoms with Gasteiger partial charge in [-0.3, -0.25) is 9.59 Å². The summed E-state index contributed by atoms with van der Waals surface area (Å²) in [6.45, 7) is 7.68. The van der Waals surface area contributed by atoms with Crippen molar-refractivity contribution in [3.05, 3.63) is 52.5 Å². The molecule has 2 aliphatic rings. The minimum absolute atomic E-state index is 0.0462. The average molecular weight is 478 g/mol. The minimum Gasteiger partial charge on any atom is -0.486 e. The van der Waals surface area contributed by atoms with Crippen molar-refractivity contribution >= 4 is 16.9 Å². The van der Waals surface area contributed by atoms with E-state index < -0.39 is 5.56 Å². The van der Waals surface area contributed by atoms with Gasteiger partial charge in [0.05, 0.1) is 12.1 Å². The zero-order chi connectivity index (χ0) is 24.6. The van der Waals surface area contributed by atoms with Gasteiger partial charge in [-0.05, 0) is 51.3 Å². The summed E-state index contributed by atoms with van der Waals surface area (Å²) in [4.78, 5) is 37.9. The molecule has 186 valence electrons. The van der Waals surface area contributed by atoms with Crippen LogP contribution in [0.2, 0.25) is 0 Å². The number of pyridine rings is 1. The zero-order valence-corrected chi connectivity index (χ0v) is 21.0. The van der Waals surface area contributed by atoms with Gasteiger partial charge in [-0.1, -0.05) is 26.2 Å². The van der Waals surface area contributed by atoms with Crippen molar-refractivity contribution in [2.45, 2.75) is 83.8 Å². The summed E-state index contributed by atoms with van der Waals surface area (Å²) < 4.78 is 10.1. The second kappa shape index (κ2) is 9.47. The molecule has 5 rings (SSSR count). The second-order valence-corrected chi connectivity index (χ2v) is 10.2. The third-order valence-corrected chi connectivity index (χ3v) is 7.60. The molecule has 8 nitrogen and oxygen atoms in total. The number of aromatic nitrogens is 4. The van der Waals surface area contributed by atoms with Crippen molar-refractivity contribution in [3.8, 4) is 5.75 Å². The van der Waals surface area contributed by atoms with Gasteiger partial charge in [-0.15, -0.1) is 0 Å². The fourth-order valence-corrected chi connectivity index (χ4v) is 5.74. The van der Waals surface area contributed by atoms with Crippen LogP contribution < -0.4 is 10.3 Å². The van der Waals surface area contributed by atoms with Crippen LogP contribution in [-0.4, -0.2) is 49.1 Å². The Kier molecular flexibility index (Phi) is 6.38. The summed E-state index contributed by atoms with van der Waals surface area (Å²) in [5, 5.41) is 1.10. The molecule has 3 aromatic rings. The standard InChI is InChI=1S/C27H35N5O3/c1-4-5-17-35-23-22-26(34)30(19(2)3)15-16-31(22)21(29-25(23)33)18-27(11-6-7-12-27)32-14-10-20-9-8-13-28-24(20)32/h8-10,13-14,19H,4-7,11-12,15-18H2,1-3H3. The monoisotopic (exact) mass is 477 g/mol. The van der Waals surface area contributed by atoms with Gasteiger partial charge in [-0.2, -0.15) is 4.98 Å². The van der Waals surface area contributed by atoms with Gasteiger partial charge in [0, 0.05) is 43.3 Å². The van der Waals surface area contributed by atoms with Gasteiger partial charge >= 0.3 is 5.56 Å². The highest BCUT2D eigenvalue weighted by atomic mass is 16.5. The quantitative estimate of drug-likeness (QED) is 0.455. The van der Waals surface area contributed by atoms with Crippen molar-refractivity contribution < 1.29 is 9.53 Å². The lowest BCUT2D eigenvalue weighted by atomic mass is 9.91. The third-order valence-electron chi connectivity index (χ3n) is 7.60. The minimum atomic E-state index is -0.440. The van der Waals surface area contributed by atoms with Crippen molar-refractivity contribution in [3.63, 3.8) is 0 Å². The van der Waals surface area contributed by atoms with E-state index in [9.17, 15) is 9.59 Å². The van der Waals surface area contributed by atoms with Crippen LogP contribution in [0.3, 0.4) is 0 Å². The van der Waals surface area contributed by atoms with Crippen molar-refractivity contribution in [1.82, 2.24) is 24.0 Å². The van der Waals surface area contributed by atoms with Crippen molar-refractivity contribution in [1.29, 1.82) is 0 Å². The van der Waals surface area contributed by atoms with E-state index in [-0.39, 0.29) is 23.2 Å². The van der Waals surface area contributed by atoms with Crippen LogP contribution in [0.15, 0.2) is 35.4 Å². The Labute approximate surface area is 205 Å². The molecule has 8 heteroatoms. The molecule has 1 aliphatic carbocycles. The van der Waals surface area contributed by atoms with E-state index in [2.05, 4.69) is 39.8 Å². The molecule has 0 unspecified atom stereocenters. The molecular weight excluding hydrogens is 442 g/mol. The van der Waals surface area contributed by atoms with Crippen molar-refractivity contribution in [2.75, 3.05) is 13.2 Å². The number of carbonyl (C=O) groups is 1. The van der Waals surface area contributed by atoms with E-state index in [1.165, 1.54) is 0 Å². The summed E-state index contributed by atoms with van der Waals surface area (Å²) in [6, 6.07) is 6.18. The Bertz CT molecular complexity index is 1290. The molecule has 0 spiro atoms. The number of hydrogen-bond acceptors (Lipinski definition) is 5. The number of nitrogens with zero attached hydrogens (tertiary/aromatic N) is 5. The molecule has 0 bridgehead atoms. The maximum absolute atomic E-state index is 13.6. The Morgan fingerprint density at radius 3 is 2.69 bits per heavy atom. The smallest absolute Gasteiger partial charge is 0.316 e. The summed E-state index contributed by atoms with van der Waals surface area (Å²) in [5.41, 5.74) is 0.654. The molecule has 0 aromatic carbocycles. The molecule has 0 N–H and O–H groups in total. The van der Waals surface area contributed by atoms with Crippen LogP contribution in [0.4, 0.5) is 0 Å². The molecule has 0 atom stereocenters. The molecule has 1 aliphatic heterocycles. The Morgan fingerprint density at radius 1 is 1.14 bits per heavy atom. The molecule has 3 aromatic heterocycles. The highest BCUT2D eigenvalue weighted by Crippen LogP contribution is 2.41. The first kappa shape index (κ1) is 23.6. The van der Waals surface area contributed by atoms with Crippen LogP contribution >= 0.6 is 0 Å². The number of fused-ring (bicyclic) bond motifs is 2. The number of hydrogen-bond donors (Lipinski definition) is 0. The fourth-order valence-electron chi connectivity index (χ4n) is 5.74. The number of unbranched alkanes of at least 4 members (excludes halogenated alkanes) is 1. The summed E-state index contributed by atoms with van der Waals surface area (Å²) >= 11 is 0.